The number of carbonyl (C=O) groups excluding carboxylic acids is 4. The van der Waals surface area contributed by atoms with Crippen molar-refractivity contribution in [2.75, 3.05) is 33.9 Å². The van der Waals surface area contributed by atoms with Crippen molar-refractivity contribution in [1.29, 1.82) is 0 Å². The van der Waals surface area contributed by atoms with Crippen LogP contribution in [0, 0.1) is 0 Å². The van der Waals surface area contributed by atoms with E-state index in [9.17, 15) is 19.2 Å². The normalized spacial score (nSPS) is 19.1. The molecule has 12 heteroatoms. The van der Waals surface area contributed by atoms with Gasteiger partial charge in [-0.2, -0.15) is 0 Å². The number of rotatable bonds is 10. The fraction of sp³-hybridized carbons (Fsp3) is 0.562. The predicted octanol–water partition coefficient (Wildman–Crippen LogP) is 4.93. The lowest BCUT2D eigenvalue weighted by Crippen LogP contribution is -2.58. The molecule has 2 aromatic rings. The summed E-state index contributed by atoms with van der Waals surface area (Å²) in [6.07, 6.45) is -0.0672. The lowest BCUT2D eigenvalue weighted by Gasteiger charge is -2.39. The summed E-state index contributed by atoms with van der Waals surface area (Å²) in [5.41, 5.74) is 1.47. The Hall–Kier alpha value is -3.64. The van der Waals surface area contributed by atoms with E-state index in [0.717, 1.165) is 46.6 Å². The Bertz CT molecular complexity index is 1320. The van der Waals surface area contributed by atoms with Crippen molar-refractivity contribution in [3.05, 3.63) is 46.8 Å². The van der Waals surface area contributed by atoms with Crippen LogP contribution in [0.3, 0.4) is 0 Å². The summed E-state index contributed by atoms with van der Waals surface area (Å²) in [5, 5.41) is 2.73. The minimum atomic E-state index is -1.11. The zero-order chi connectivity index (χ0) is 32.0. The molecule has 240 valence electrons. The van der Waals surface area contributed by atoms with Crippen molar-refractivity contribution < 1.29 is 38.1 Å². The fourth-order valence-corrected chi connectivity index (χ4v) is 6.46. The Labute approximate surface area is 262 Å². The van der Waals surface area contributed by atoms with Crippen molar-refractivity contribution in [3.8, 4) is 10.4 Å². The van der Waals surface area contributed by atoms with Crippen molar-refractivity contribution in [1.82, 2.24) is 15.1 Å². The largest absolute Gasteiger partial charge is 0.467 e. The van der Waals surface area contributed by atoms with E-state index in [0.29, 0.717) is 6.54 Å². The van der Waals surface area contributed by atoms with Gasteiger partial charge in [0.2, 0.25) is 0 Å². The van der Waals surface area contributed by atoms with Gasteiger partial charge >= 0.3 is 18.2 Å². The van der Waals surface area contributed by atoms with E-state index in [1.54, 1.807) is 32.1 Å². The maximum atomic E-state index is 14.2. The number of morpholine rings is 1. The molecule has 1 aromatic heterocycles. The molecule has 3 amide bonds. The zero-order valence-electron chi connectivity index (χ0n) is 26.3. The number of hydrogen-bond donors (Lipinski definition) is 1. The van der Waals surface area contributed by atoms with Gasteiger partial charge in [0.25, 0.3) is 5.91 Å². The number of thiophene rings is 1. The van der Waals surface area contributed by atoms with Crippen LogP contribution in [-0.4, -0.2) is 91.6 Å². The van der Waals surface area contributed by atoms with Crippen LogP contribution in [0.25, 0.3) is 10.4 Å². The van der Waals surface area contributed by atoms with E-state index >= 15 is 0 Å². The second-order valence-electron chi connectivity index (χ2n) is 12.1. The van der Waals surface area contributed by atoms with Crippen LogP contribution in [0.15, 0.2) is 36.4 Å². The molecule has 1 aromatic carbocycles. The first-order valence-electron chi connectivity index (χ1n) is 14.9. The van der Waals surface area contributed by atoms with Crippen LogP contribution in [0.1, 0.15) is 63.4 Å². The summed E-state index contributed by atoms with van der Waals surface area (Å²) in [6.45, 7) is 7.67. The van der Waals surface area contributed by atoms with E-state index in [1.165, 1.54) is 19.1 Å². The number of alkyl carbamates (subject to hydrolysis) is 1. The molecule has 0 bridgehead atoms. The molecule has 0 radical (unpaired) electrons. The Balaban J connectivity index is 1.58. The number of esters is 1. The minimum absolute atomic E-state index is 0.0320. The monoisotopic (exact) mass is 629 g/mol. The van der Waals surface area contributed by atoms with Crippen molar-refractivity contribution in [3.63, 3.8) is 0 Å². The summed E-state index contributed by atoms with van der Waals surface area (Å²) in [4.78, 5) is 56.5. The summed E-state index contributed by atoms with van der Waals surface area (Å²) < 4.78 is 21.1. The summed E-state index contributed by atoms with van der Waals surface area (Å²) in [5.74, 6) is -0.931. The molecule has 1 aliphatic carbocycles. The molecule has 1 aliphatic heterocycles. The van der Waals surface area contributed by atoms with Crippen LogP contribution in [0.5, 0.6) is 0 Å². The van der Waals surface area contributed by atoms with Gasteiger partial charge in [0.1, 0.15) is 5.60 Å². The molecule has 0 unspecified atom stereocenters. The molecule has 44 heavy (non-hydrogen) atoms. The van der Waals surface area contributed by atoms with Gasteiger partial charge in [0, 0.05) is 22.3 Å². The number of nitrogens with one attached hydrogen (secondary N) is 1. The second kappa shape index (κ2) is 14.4. The van der Waals surface area contributed by atoms with Gasteiger partial charge in [-0.1, -0.05) is 30.3 Å². The van der Waals surface area contributed by atoms with Gasteiger partial charge in [0.05, 0.1) is 33.4 Å². The average Bonchev–Trinajstić information content (AvgIpc) is 3.75. The van der Waals surface area contributed by atoms with Crippen molar-refractivity contribution >= 4 is 35.4 Å². The van der Waals surface area contributed by atoms with Gasteiger partial charge in [-0.25, -0.2) is 14.4 Å². The van der Waals surface area contributed by atoms with E-state index < -0.39 is 36.0 Å². The SMILES string of the molecule is COC(=O)NCCCc1cc([C@@H](C)N(C(=O)[C@H]2CN(C(=O)OC(C)(C)C)C[C@@H](C(=O)OC)O2)C2CC2)sc1-c1ccccc1. The predicted molar refractivity (Wildman–Crippen MR) is 165 cm³/mol. The first-order chi connectivity index (χ1) is 20.9. The van der Waals surface area contributed by atoms with Gasteiger partial charge in [-0.05, 0) is 70.6 Å². The third-order valence-electron chi connectivity index (χ3n) is 7.46. The summed E-state index contributed by atoms with van der Waals surface area (Å²) in [6, 6.07) is 12.0. The zero-order valence-corrected chi connectivity index (χ0v) is 27.1. The first-order valence-corrected chi connectivity index (χ1v) is 15.8. The third kappa shape index (κ3) is 8.50. The Kier molecular flexibility index (Phi) is 10.9. The molecular formula is C32H43N3O8S. The molecule has 3 atom stereocenters. The first kappa shape index (κ1) is 33.3. The lowest BCUT2D eigenvalue weighted by atomic mass is 10.0. The molecule has 11 nitrogen and oxygen atoms in total. The molecule has 2 heterocycles. The minimum Gasteiger partial charge on any atom is -0.467 e. The highest BCUT2D eigenvalue weighted by molar-refractivity contribution is 7.15. The standard InChI is InChI=1S/C32H43N3O8S/c1-20(26-17-22(13-10-16-33-30(38)41-6)27(44-26)21-11-8-7-9-12-21)35(23-14-15-23)28(36)24-18-34(31(39)43-32(2,3)4)19-25(42-24)29(37)40-5/h7-9,11-12,17,20,23-25H,10,13-16,18-19H2,1-6H3,(H,33,38)/t20-,24-,25+/m1/s1. The maximum absolute atomic E-state index is 14.2. The van der Waals surface area contributed by atoms with Gasteiger partial charge in [-0.15, -0.1) is 11.3 Å². The fourth-order valence-electron chi connectivity index (χ4n) is 5.19. The number of methoxy groups -OCH3 is 2. The molecule has 1 saturated heterocycles. The number of amides is 3. The second-order valence-corrected chi connectivity index (χ2v) is 13.1. The highest BCUT2D eigenvalue weighted by atomic mass is 32.1. The van der Waals surface area contributed by atoms with Crippen LogP contribution in [-0.2, 0) is 35.0 Å². The van der Waals surface area contributed by atoms with Crippen molar-refractivity contribution in [2.45, 2.75) is 83.3 Å². The quantitative estimate of drug-likeness (QED) is 0.223. The number of ether oxygens (including phenoxy) is 4. The molecule has 4 rings (SSSR count). The number of carbonyl (C=O) groups is 4. The van der Waals surface area contributed by atoms with Gasteiger partial charge < -0.3 is 34.1 Å². The number of nitrogens with zero attached hydrogens (tertiary/aromatic N) is 2. The van der Waals surface area contributed by atoms with Crippen LogP contribution in [0.2, 0.25) is 0 Å². The highest BCUT2D eigenvalue weighted by Gasteiger charge is 2.45. The maximum Gasteiger partial charge on any atom is 0.410 e. The number of hydrogen-bond acceptors (Lipinski definition) is 9. The Morgan fingerprint density at radius 1 is 1.07 bits per heavy atom. The van der Waals surface area contributed by atoms with Crippen molar-refractivity contribution in [2.24, 2.45) is 0 Å². The molecule has 1 saturated carbocycles. The molecule has 2 aliphatic rings. The van der Waals surface area contributed by atoms with Gasteiger partial charge in [0.15, 0.2) is 12.2 Å². The smallest absolute Gasteiger partial charge is 0.410 e. The summed E-state index contributed by atoms with van der Waals surface area (Å²) >= 11 is 1.64. The van der Waals surface area contributed by atoms with E-state index in [1.807, 2.05) is 30.0 Å². The van der Waals surface area contributed by atoms with E-state index in [-0.39, 0.29) is 31.1 Å². The number of aryl methyl sites for hydroxylation is 1. The molecule has 1 N–H and O–H groups in total. The third-order valence-corrected chi connectivity index (χ3v) is 8.85. The Morgan fingerprint density at radius 2 is 1.75 bits per heavy atom. The van der Waals surface area contributed by atoms with Crippen LogP contribution >= 0.6 is 11.3 Å². The number of benzene rings is 1. The highest BCUT2D eigenvalue weighted by Crippen LogP contribution is 2.42. The van der Waals surface area contributed by atoms with E-state index in [4.69, 9.17) is 14.2 Å². The van der Waals surface area contributed by atoms with Gasteiger partial charge in [-0.3, -0.25) is 4.79 Å². The van der Waals surface area contributed by atoms with Crippen LogP contribution < -0.4 is 5.32 Å². The molecular weight excluding hydrogens is 586 g/mol. The average molecular weight is 630 g/mol. The summed E-state index contributed by atoms with van der Waals surface area (Å²) in [7, 11) is 2.59. The van der Waals surface area contributed by atoms with Crippen LogP contribution in [0.4, 0.5) is 9.59 Å². The van der Waals surface area contributed by atoms with E-state index in [2.05, 4.69) is 28.3 Å². The molecule has 2 fully saturated rings. The molecule has 0 spiro atoms. The lowest BCUT2D eigenvalue weighted by molar-refractivity contribution is -0.175. The Morgan fingerprint density at radius 3 is 2.36 bits per heavy atom. The topological polar surface area (TPSA) is 124 Å².